The molecular weight excluding hydrogens is 292 g/mol. The van der Waals surface area contributed by atoms with Crippen LogP contribution in [0.4, 0.5) is 0 Å². The number of aliphatic hydroxyl groups is 2. The maximum atomic E-state index is 9.52. The Kier molecular flexibility index (Phi) is 8.52. The van der Waals surface area contributed by atoms with Crippen molar-refractivity contribution in [2.45, 2.75) is 56.4 Å². The number of methoxy groups -OCH3 is 2. The van der Waals surface area contributed by atoms with Crippen LogP contribution in [-0.2, 0) is 14.2 Å². The first kappa shape index (κ1) is 19.2. The number of ether oxygens (including phenoxy) is 3. The fourth-order valence-electron chi connectivity index (χ4n) is 3.00. The van der Waals surface area contributed by atoms with Crippen LogP contribution in [0.2, 0.25) is 0 Å². The molecule has 1 saturated heterocycles. The summed E-state index contributed by atoms with van der Waals surface area (Å²) in [6, 6.07) is 0. The van der Waals surface area contributed by atoms with E-state index in [1.807, 2.05) is 6.92 Å². The summed E-state index contributed by atoms with van der Waals surface area (Å²) in [7, 11) is 3.27. The molecule has 0 radical (unpaired) electrons. The summed E-state index contributed by atoms with van der Waals surface area (Å²) >= 11 is 4.38. The van der Waals surface area contributed by atoms with E-state index in [-0.39, 0.29) is 24.0 Å². The topological polar surface area (TPSA) is 68.2 Å². The third kappa shape index (κ3) is 5.69. The fourth-order valence-corrected chi connectivity index (χ4v) is 3.45. The molecular formula is C15H30O5S. The Morgan fingerprint density at radius 3 is 2.10 bits per heavy atom. The summed E-state index contributed by atoms with van der Waals surface area (Å²) in [5, 5.41) is 19.3. The van der Waals surface area contributed by atoms with Gasteiger partial charge in [0.2, 0.25) is 0 Å². The van der Waals surface area contributed by atoms with Crippen LogP contribution in [0.15, 0.2) is 0 Å². The highest BCUT2D eigenvalue weighted by molar-refractivity contribution is 7.81. The van der Waals surface area contributed by atoms with Gasteiger partial charge < -0.3 is 24.4 Å². The lowest BCUT2D eigenvalue weighted by Crippen LogP contribution is -2.28. The number of hydrogen-bond acceptors (Lipinski definition) is 6. The molecule has 1 heterocycles. The van der Waals surface area contributed by atoms with E-state index < -0.39 is 6.10 Å². The van der Waals surface area contributed by atoms with Crippen LogP contribution in [0.3, 0.4) is 0 Å². The van der Waals surface area contributed by atoms with E-state index in [4.69, 9.17) is 14.2 Å². The molecule has 5 nitrogen and oxygen atoms in total. The molecule has 0 amide bonds. The predicted octanol–water partition coefficient (Wildman–Crippen LogP) is 1.12. The van der Waals surface area contributed by atoms with E-state index in [2.05, 4.69) is 19.6 Å². The third-order valence-electron chi connectivity index (χ3n) is 4.23. The first-order valence-corrected chi connectivity index (χ1v) is 8.09. The molecule has 1 aliphatic heterocycles. The molecule has 6 heteroatoms. The van der Waals surface area contributed by atoms with Gasteiger partial charge >= 0.3 is 0 Å². The third-order valence-corrected chi connectivity index (χ3v) is 4.77. The summed E-state index contributed by atoms with van der Waals surface area (Å²) in [6.07, 6.45) is 1.49. The Morgan fingerprint density at radius 2 is 1.71 bits per heavy atom. The normalized spacial score (nSPS) is 42.7. The molecule has 0 spiro atoms. The van der Waals surface area contributed by atoms with Crippen molar-refractivity contribution in [2.75, 3.05) is 27.4 Å². The number of rotatable bonds is 4. The standard InChI is InChI=1S/C8H16O3.C7H14O2S/c1-5-3-7(9)6(4-11-2)8(5)10;1-5-3-7(10)6(9-5)4-8-2/h5-10H,3-4H2,1-2H3;5-7,10H,3-4H2,1-2H3/t5-,6+,7?,8?;5-,6+,7?/m00/s1. The van der Waals surface area contributed by atoms with E-state index in [0.29, 0.717) is 31.0 Å². The van der Waals surface area contributed by atoms with Crippen LogP contribution in [0.1, 0.15) is 26.7 Å². The van der Waals surface area contributed by atoms with Gasteiger partial charge in [0.15, 0.2) is 0 Å². The minimum Gasteiger partial charge on any atom is -0.393 e. The van der Waals surface area contributed by atoms with Crippen molar-refractivity contribution in [2.24, 2.45) is 11.8 Å². The second kappa shape index (κ2) is 9.33. The highest BCUT2D eigenvalue weighted by Gasteiger charge is 2.38. The largest absolute Gasteiger partial charge is 0.393 e. The second-order valence-electron chi connectivity index (χ2n) is 6.13. The Hall–Kier alpha value is 0.150. The molecule has 2 fully saturated rings. The van der Waals surface area contributed by atoms with Gasteiger partial charge in [0.25, 0.3) is 0 Å². The van der Waals surface area contributed by atoms with Crippen molar-refractivity contribution in [1.82, 2.24) is 0 Å². The maximum Gasteiger partial charge on any atom is 0.0928 e. The van der Waals surface area contributed by atoms with Crippen LogP contribution in [-0.4, -0.2) is 67.3 Å². The average molecular weight is 322 g/mol. The highest BCUT2D eigenvalue weighted by Crippen LogP contribution is 2.31. The van der Waals surface area contributed by atoms with Crippen molar-refractivity contribution in [3.8, 4) is 0 Å². The van der Waals surface area contributed by atoms with Gasteiger partial charge in [-0.1, -0.05) is 6.92 Å². The van der Waals surface area contributed by atoms with Gasteiger partial charge in [-0.25, -0.2) is 0 Å². The lowest BCUT2D eigenvalue weighted by Gasteiger charge is -2.17. The van der Waals surface area contributed by atoms with E-state index >= 15 is 0 Å². The number of thiol groups is 1. The zero-order valence-corrected chi connectivity index (χ0v) is 14.3. The molecule has 0 aromatic heterocycles. The molecule has 126 valence electrons. The number of hydrogen-bond donors (Lipinski definition) is 3. The molecule has 2 rings (SSSR count). The maximum absolute atomic E-state index is 9.52. The Labute approximate surface area is 133 Å². The highest BCUT2D eigenvalue weighted by atomic mass is 32.1. The van der Waals surface area contributed by atoms with Crippen LogP contribution < -0.4 is 0 Å². The van der Waals surface area contributed by atoms with Gasteiger partial charge in [-0.15, -0.1) is 0 Å². The molecule has 0 aromatic carbocycles. The van der Waals surface area contributed by atoms with Gasteiger partial charge in [0.05, 0.1) is 37.6 Å². The molecule has 21 heavy (non-hydrogen) atoms. The zero-order chi connectivity index (χ0) is 16.0. The molecule has 1 saturated carbocycles. The fraction of sp³-hybridized carbons (Fsp3) is 1.00. The molecule has 1 aliphatic carbocycles. The van der Waals surface area contributed by atoms with E-state index in [1.165, 1.54) is 0 Å². The molecule has 0 bridgehead atoms. The van der Waals surface area contributed by atoms with Gasteiger partial charge in [-0.2, -0.15) is 12.6 Å². The summed E-state index contributed by atoms with van der Waals surface area (Å²) in [4.78, 5) is 0. The summed E-state index contributed by atoms with van der Waals surface area (Å²) < 4.78 is 15.4. The zero-order valence-electron chi connectivity index (χ0n) is 13.4. The monoisotopic (exact) mass is 322 g/mol. The van der Waals surface area contributed by atoms with Crippen LogP contribution >= 0.6 is 12.6 Å². The lowest BCUT2D eigenvalue weighted by molar-refractivity contribution is 0.00690. The van der Waals surface area contributed by atoms with Crippen molar-refractivity contribution in [3.63, 3.8) is 0 Å². The van der Waals surface area contributed by atoms with Crippen molar-refractivity contribution < 1.29 is 24.4 Å². The van der Waals surface area contributed by atoms with Crippen molar-refractivity contribution >= 4 is 12.6 Å². The van der Waals surface area contributed by atoms with Gasteiger partial charge in [0.1, 0.15) is 0 Å². The minimum atomic E-state index is -0.398. The SMILES string of the molecule is COC[C@@H]1C(O)C[C@H](C)C1O.COC[C@H]1O[C@@H](C)CC1S. The van der Waals surface area contributed by atoms with Crippen LogP contribution in [0.25, 0.3) is 0 Å². The van der Waals surface area contributed by atoms with E-state index in [0.717, 1.165) is 6.42 Å². The Balaban J connectivity index is 0.000000211. The number of aliphatic hydroxyl groups excluding tert-OH is 2. The Morgan fingerprint density at radius 1 is 1.10 bits per heavy atom. The predicted molar refractivity (Wildman–Crippen MR) is 84.8 cm³/mol. The molecule has 7 atom stereocenters. The van der Waals surface area contributed by atoms with E-state index in [9.17, 15) is 10.2 Å². The molecule has 3 unspecified atom stereocenters. The average Bonchev–Trinajstić information content (AvgIpc) is 2.85. The van der Waals surface area contributed by atoms with Crippen molar-refractivity contribution in [3.05, 3.63) is 0 Å². The van der Waals surface area contributed by atoms with Crippen molar-refractivity contribution in [1.29, 1.82) is 0 Å². The second-order valence-corrected chi connectivity index (χ2v) is 6.80. The summed E-state index contributed by atoms with van der Waals surface area (Å²) in [6.45, 7) is 5.13. The quantitative estimate of drug-likeness (QED) is 0.677. The Bertz CT molecular complexity index is 291. The van der Waals surface area contributed by atoms with E-state index in [1.54, 1.807) is 14.2 Å². The first-order valence-electron chi connectivity index (χ1n) is 7.58. The van der Waals surface area contributed by atoms with Gasteiger partial charge in [-0.05, 0) is 25.7 Å². The minimum absolute atomic E-state index is 0.0880. The molecule has 0 aromatic rings. The van der Waals surface area contributed by atoms with Crippen LogP contribution in [0.5, 0.6) is 0 Å². The molecule has 2 N–H and O–H groups in total. The van der Waals surface area contributed by atoms with Gasteiger partial charge in [-0.3, -0.25) is 0 Å². The molecule has 2 aliphatic rings. The van der Waals surface area contributed by atoms with Crippen LogP contribution in [0, 0.1) is 11.8 Å². The van der Waals surface area contributed by atoms with Gasteiger partial charge in [0, 0.05) is 25.4 Å². The first-order chi connectivity index (χ1) is 9.90. The summed E-state index contributed by atoms with van der Waals surface area (Å²) in [5.41, 5.74) is 0. The smallest absolute Gasteiger partial charge is 0.0928 e. The lowest BCUT2D eigenvalue weighted by atomic mass is 10.0. The summed E-state index contributed by atoms with van der Waals surface area (Å²) in [5.74, 6) is 0.111.